The molecule has 3 rings (SSSR count). The van der Waals surface area contributed by atoms with Crippen LogP contribution in [0.15, 0.2) is 41.6 Å². The van der Waals surface area contributed by atoms with Gasteiger partial charge in [0.25, 0.3) is 0 Å². The van der Waals surface area contributed by atoms with E-state index in [-0.39, 0.29) is 16.7 Å². The molecule has 0 amide bonds. The summed E-state index contributed by atoms with van der Waals surface area (Å²) >= 11 is 0. The lowest BCUT2D eigenvalue weighted by atomic mass is 10.1. The molecule has 0 aliphatic heterocycles. The maximum absolute atomic E-state index is 13.1. The summed E-state index contributed by atoms with van der Waals surface area (Å²) in [6.45, 7) is 3.57. The second-order valence-electron chi connectivity index (χ2n) is 6.80. The molecule has 0 saturated heterocycles. The molecule has 1 aromatic carbocycles. The smallest absolute Gasteiger partial charge is 0.227 e. The number of benzene rings is 1. The van der Waals surface area contributed by atoms with E-state index in [1.54, 1.807) is 50.3 Å². The Morgan fingerprint density at radius 1 is 1.14 bits per heavy atom. The lowest BCUT2D eigenvalue weighted by molar-refractivity contribution is 0.461. The van der Waals surface area contributed by atoms with E-state index in [9.17, 15) is 12.8 Å². The molecule has 0 aliphatic carbocycles. The minimum Gasteiger partial charge on any atom is -0.349 e. The van der Waals surface area contributed by atoms with Crippen molar-refractivity contribution < 1.29 is 12.8 Å². The molecule has 9 heteroatoms. The highest BCUT2D eigenvalue weighted by Gasteiger charge is 2.25. The second kappa shape index (κ2) is 7.69. The van der Waals surface area contributed by atoms with Crippen molar-refractivity contribution in [1.82, 2.24) is 19.9 Å². The number of nitrogens with one attached hydrogen (secondary N) is 2. The van der Waals surface area contributed by atoms with Crippen LogP contribution in [0.1, 0.15) is 11.3 Å². The van der Waals surface area contributed by atoms with Gasteiger partial charge in [0.15, 0.2) is 0 Å². The molecule has 7 nitrogen and oxygen atoms in total. The Morgan fingerprint density at radius 2 is 1.82 bits per heavy atom. The molecule has 0 spiro atoms. The molecule has 0 unspecified atom stereocenters. The van der Waals surface area contributed by atoms with E-state index in [1.807, 2.05) is 6.92 Å². The first-order valence-electron chi connectivity index (χ1n) is 8.60. The van der Waals surface area contributed by atoms with Crippen LogP contribution < -0.4 is 5.32 Å². The fourth-order valence-corrected chi connectivity index (χ4v) is 4.73. The van der Waals surface area contributed by atoms with Gasteiger partial charge in [-0.3, -0.25) is 4.90 Å². The Balaban J connectivity index is 1.97. The number of H-pyrrole nitrogens is 1. The minimum atomic E-state index is -3.49. The standard InChI is InChI=1S/C19H22FN5O2S/c1-12-17(13(2)22-18(12)28(26,27)11-25(3)4)16-9-10-21-19(24-16)23-15-7-5-14(20)6-8-15/h5-10,22H,11H2,1-4H3,(H,21,23,24). The second-order valence-corrected chi connectivity index (χ2v) is 8.70. The van der Waals surface area contributed by atoms with Crippen LogP contribution in [0.25, 0.3) is 11.3 Å². The molecule has 148 valence electrons. The van der Waals surface area contributed by atoms with Crippen molar-refractivity contribution >= 4 is 21.5 Å². The third-order valence-electron chi connectivity index (χ3n) is 4.14. The number of nitrogens with zero attached hydrogens (tertiary/aromatic N) is 3. The van der Waals surface area contributed by atoms with Gasteiger partial charge in [-0.2, -0.15) is 0 Å². The summed E-state index contributed by atoms with van der Waals surface area (Å²) in [5.74, 6) is -0.0824. The summed E-state index contributed by atoms with van der Waals surface area (Å²) < 4.78 is 38.4. The maximum atomic E-state index is 13.1. The minimum absolute atomic E-state index is 0.0889. The number of anilines is 2. The molecule has 0 saturated carbocycles. The van der Waals surface area contributed by atoms with Crippen LogP contribution in [0.4, 0.5) is 16.0 Å². The summed E-state index contributed by atoms with van der Waals surface area (Å²) in [7, 11) is -0.0673. The van der Waals surface area contributed by atoms with Crippen LogP contribution in [0.5, 0.6) is 0 Å². The molecular weight excluding hydrogens is 381 g/mol. The highest BCUT2D eigenvalue weighted by molar-refractivity contribution is 7.91. The number of hydrogen-bond acceptors (Lipinski definition) is 6. The Kier molecular flexibility index (Phi) is 5.48. The highest BCUT2D eigenvalue weighted by atomic mass is 32.2. The number of aryl methyl sites for hydroxylation is 1. The van der Waals surface area contributed by atoms with Gasteiger partial charge in [0, 0.05) is 23.1 Å². The van der Waals surface area contributed by atoms with Crippen molar-refractivity contribution in [3.05, 3.63) is 53.6 Å². The zero-order valence-electron chi connectivity index (χ0n) is 16.1. The highest BCUT2D eigenvalue weighted by Crippen LogP contribution is 2.31. The lowest BCUT2D eigenvalue weighted by Crippen LogP contribution is -2.22. The Hall–Kier alpha value is -2.78. The number of halogens is 1. The van der Waals surface area contributed by atoms with Crippen LogP contribution in [-0.4, -0.2) is 48.2 Å². The summed E-state index contributed by atoms with van der Waals surface area (Å²) in [6, 6.07) is 7.58. The number of sulfone groups is 1. The van der Waals surface area contributed by atoms with E-state index in [4.69, 9.17) is 0 Å². The molecule has 28 heavy (non-hydrogen) atoms. The number of rotatable bonds is 6. The van der Waals surface area contributed by atoms with Crippen molar-refractivity contribution in [2.24, 2.45) is 0 Å². The average Bonchev–Trinajstić information content (AvgIpc) is 2.91. The molecule has 0 aliphatic rings. The molecule has 2 aromatic heterocycles. The molecule has 2 heterocycles. The third kappa shape index (κ3) is 4.20. The maximum Gasteiger partial charge on any atom is 0.227 e. The van der Waals surface area contributed by atoms with Crippen molar-refractivity contribution in [2.45, 2.75) is 18.9 Å². The normalized spacial score (nSPS) is 11.8. The fourth-order valence-electron chi connectivity index (χ4n) is 3.04. The van der Waals surface area contributed by atoms with Gasteiger partial charge >= 0.3 is 0 Å². The van der Waals surface area contributed by atoms with Gasteiger partial charge < -0.3 is 10.3 Å². The average molecular weight is 403 g/mol. The summed E-state index contributed by atoms with van der Waals surface area (Å²) in [6.07, 6.45) is 1.59. The SMILES string of the molecule is Cc1[nH]c(S(=O)(=O)CN(C)C)c(C)c1-c1ccnc(Nc2ccc(F)cc2)n1. The summed E-state index contributed by atoms with van der Waals surface area (Å²) in [4.78, 5) is 13.3. The van der Waals surface area contributed by atoms with E-state index in [2.05, 4.69) is 20.3 Å². The fraction of sp³-hybridized carbons (Fsp3) is 0.263. The van der Waals surface area contributed by atoms with E-state index >= 15 is 0 Å². The van der Waals surface area contributed by atoms with Crippen molar-refractivity contribution in [3.8, 4) is 11.3 Å². The Morgan fingerprint density at radius 3 is 2.46 bits per heavy atom. The van der Waals surface area contributed by atoms with Gasteiger partial charge in [0.1, 0.15) is 16.7 Å². The quantitative estimate of drug-likeness (QED) is 0.656. The lowest BCUT2D eigenvalue weighted by Gasteiger charge is -2.10. The van der Waals surface area contributed by atoms with Gasteiger partial charge in [0.2, 0.25) is 15.8 Å². The molecule has 2 N–H and O–H groups in total. The molecule has 0 fully saturated rings. The first kappa shape index (κ1) is 20.0. The topological polar surface area (TPSA) is 91.0 Å². The number of aromatic amines is 1. The first-order valence-corrected chi connectivity index (χ1v) is 10.3. The predicted octanol–water partition coefficient (Wildman–Crippen LogP) is 3.26. The van der Waals surface area contributed by atoms with Crippen LogP contribution in [0, 0.1) is 19.7 Å². The van der Waals surface area contributed by atoms with E-state index in [1.165, 1.54) is 12.1 Å². The van der Waals surface area contributed by atoms with E-state index < -0.39 is 9.84 Å². The summed E-state index contributed by atoms with van der Waals surface area (Å²) in [5.41, 5.74) is 3.29. The summed E-state index contributed by atoms with van der Waals surface area (Å²) in [5, 5.41) is 3.21. The predicted molar refractivity (Wildman–Crippen MR) is 107 cm³/mol. The van der Waals surface area contributed by atoms with Gasteiger partial charge in [-0.1, -0.05) is 0 Å². The van der Waals surface area contributed by atoms with Crippen LogP contribution in [-0.2, 0) is 9.84 Å². The first-order chi connectivity index (χ1) is 13.2. The van der Waals surface area contributed by atoms with Gasteiger partial charge in [-0.15, -0.1) is 0 Å². The van der Waals surface area contributed by atoms with Crippen molar-refractivity contribution in [2.75, 3.05) is 25.3 Å². The largest absolute Gasteiger partial charge is 0.349 e. The zero-order chi connectivity index (χ0) is 20.5. The van der Waals surface area contributed by atoms with Gasteiger partial charge in [-0.05, 0) is 63.8 Å². The van der Waals surface area contributed by atoms with E-state index in [0.29, 0.717) is 28.6 Å². The zero-order valence-corrected chi connectivity index (χ0v) is 16.9. The monoisotopic (exact) mass is 403 g/mol. The number of hydrogen-bond donors (Lipinski definition) is 2. The van der Waals surface area contributed by atoms with Gasteiger partial charge in [0.05, 0.1) is 5.69 Å². The Bertz CT molecular complexity index is 1090. The van der Waals surface area contributed by atoms with Crippen LogP contribution in [0.3, 0.4) is 0 Å². The van der Waals surface area contributed by atoms with E-state index in [0.717, 1.165) is 5.56 Å². The molecular formula is C19H22FN5O2S. The number of aromatic nitrogens is 3. The Labute approximate surface area is 163 Å². The molecule has 0 radical (unpaired) electrons. The third-order valence-corrected chi connectivity index (χ3v) is 6.03. The van der Waals surface area contributed by atoms with Crippen molar-refractivity contribution in [3.63, 3.8) is 0 Å². The van der Waals surface area contributed by atoms with Gasteiger partial charge in [-0.25, -0.2) is 22.8 Å². The molecule has 0 atom stereocenters. The van der Waals surface area contributed by atoms with Crippen LogP contribution >= 0.6 is 0 Å². The molecule has 3 aromatic rings. The molecule has 0 bridgehead atoms. The van der Waals surface area contributed by atoms with Crippen LogP contribution in [0.2, 0.25) is 0 Å². The van der Waals surface area contributed by atoms with Crippen molar-refractivity contribution in [1.29, 1.82) is 0 Å².